The van der Waals surface area contributed by atoms with Crippen molar-refractivity contribution in [2.45, 2.75) is 26.8 Å². The van der Waals surface area contributed by atoms with Crippen LogP contribution in [-0.4, -0.2) is 5.91 Å². The number of aromatic nitrogens is 1. The summed E-state index contributed by atoms with van der Waals surface area (Å²) in [6, 6.07) is 20.5. The van der Waals surface area contributed by atoms with Crippen LogP contribution in [-0.2, 0) is 17.8 Å². The number of anilines is 1. The summed E-state index contributed by atoms with van der Waals surface area (Å²) in [4.78, 5) is 12.3. The van der Waals surface area contributed by atoms with Crippen LogP contribution in [0.15, 0.2) is 73.1 Å². The van der Waals surface area contributed by atoms with E-state index in [1.807, 2.05) is 55.1 Å². The van der Waals surface area contributed by atoms with Gasteiger partial charge in [-0.1, -0.05) is 48.5 Å². The minimum atomic E-state index is -0.0155. The number of nitrogens with zero attached hydrogens (tertiary/aromatic N) is 1. The predicted molar refractivity (Wildman–Crippen MR) is 100 cm³/mol. The van der Waals surface area contributed by atoms with Crippen LogP contribution in [0.4, 0.5) is 5.69 Å². The van der Waals surface area contributed by atoms with Gasteiger partial charge in [0, 0.05) is 17.8 Å². The molecule has 0 fully saturated rings. The molecule has 3 rings (SSSR count). The first-order chi connectivity index (χ1) is 12.1. The number of rotatable bonds is 5. The number of para-hydroxylation sites is 1. The average Bonchev–Trinajstić information content (AvgIpc) is 2.61. The topological polar surface area (TPSA) is 33.0 Å². The van der Waals surface area contributed by atoms with Crippen molar-refractivity contribution in [3.05, 3.63) is 95.3 Å². The smallest absolute Gasteiger partial charge is 0.290 e. The van der Waals surface area contributed by atoms with E-state index in [4.69, 9.17) is 0 Å². The SMILES string of the molecule is Cc1cccc(C)c1NC(=O)C[n+]1ccc(Cc2ccccc2)cc1. The second-order valence-corrected chi connectivity index (χ2v) is 6.36. The maximum Gasteiger partial charge on any atom is 0.290 e. The van der Waals surface area contributed by atoms with E-state index in [-0.39, 0.29) is 5.91 Å². The van der Waals surface area contributed by atoms with Gasteiger partial charge in [-0.25, -0.2) is 0 Å². The van der Waals surface area contributed by atoms with E-state index in [1.165, 1.54) is 11.1 Å². The van der Waals surface area contributed by atoms with Crippen LogP contribution in [0.1, 0.15) is 22.3 Å². The number of pyridine rings is 1. The number of aryl methyl sites for hydroxylation is 2. The summed E-state index contributed by atoms with van der Waals surface area (Å²) in [6.45, 7) is 4.32. The van der Waals surface area contributed by atoms with E-state index in [9.17, 15) is 4.79 Å². The van der Waals surface area contributed by atoms with Crippen LogP contribution < -0.4 is 9.88 Å². The lowest BCUT2D eigenvalue weighted by atomic mass is 10.1. The molecule has 0 atom stereocenters. The van der Waals surface area contributed by atoms with Crippen LogP contribution in [0.25, 0.3) is 0 Å². The van der Waals surface area contributed by atoms with Gasteiger partial charge in [-0.3, -0.25) is 4.79 Å². The van der Waals surface area contributed by atoms with Crippen molar-refractivity contribution in [3.8, 4) is 0 Å². The van der Waals surface area contributed by atoms with Crippen LogP contribution >= 0.6 is 0 Å². The summed E-state index contributed by atoms with van der Waals surface area (Å²) < 4.78 is 1.90. The molecule has 0 aliphatic rings. The molecule has 0 radical (unpaired) electrons. The van der Waals surface area contributed by atoms with Crippen molar-refractivity contribution in [3.63, 3.8) is 0 Å². The minimum Gasteiger partial charge on any atom is -0.320 e. The lowest BCUT2D eigenvalue weighted by Gasteiger charge is -2.10. The number of amides is 1. The highest BCUT2D eigenvalue weighted by molar-refractivity contribution is 5.91. The molecule has 1 heterocycles. The maximum atomic E-state index is 12.3. The Hall–Kier alpha value is -2.94. The Balaban J connectivity index is 1.62. The van der Waals surface area contributed by atoms with Gasteiger partial charge in [0.05, 0.1) is 0 Å². The molecule has 3 nitrogen and oxygen atoms in total. The van der Waals surface area contributed by atoms with Crippen LogP contribution in [0.2, 0.25) is 0 Å². The van der Waals surface area contributed by atoms with Gasteiger partial charge < -0.3 is 5.32 Å². The van der Waals surface area contributed by atoms with Crippen molar-refractivity contribution in [1.29, 1.82) is 0 Å². The molecule has 1 aromatic heterocycles. The van der Waals surface area contributed by atoms with Gasteiger partial charge >= 0.3 is 0 Å². The second-order valence-electron chi connectivity index (χ2n) is 6.36. The average molecular weight is 331 g/mol. The molecule has 1 amide bonds. The summed E-state index contributed by atoms with van der Waals surface area (Å²) in [5.74, 6) is -0.0155. The van der Waals surface area contributed by atoms with Crippen molar-refractivity contribution < 1.29 is 9.36 Å². The second kappa shape index (κ2) is 7.75. The van der Waals surface area contributed by atoms with E-state index in [2.05, 4.69) is 41.7 Å². The number of hydrogen-bond donors (Lipinski definition) is 1. The van der Waals surface area contributed by atoms with Gasteiger partial charge in [0.25, 0.3) is 5.91 Å². The molecule has 1 N–H and O–H groups in total. The van der Waals surface area contributed by atoms with Gasteiger partial charge in [-0.2, -0.15) is 4.57 Å². The van der Waals surface area contributed by atoms with E-state index in [0.717, 1.165) is 23.2 Å². The molecule has 0 aliphatic heterocycles. The number of benzene rings is 2. The zero-order valence-electron chi connectivity index (χ0n) is 14.7. The largest absolute Gasteiger partial charge is 0.320 e. The summed E-state index contributed by atoms with van der Waals surface area (Å²) in [5.41, 5.74) is 5.59. The minimum absolute atomic E-state index is 0.0155. The Kier molecular flexibility index (Phi) is 5.24. The third kappa shape index (κ3) is 4.54. The Bertz CT molecular complexity index is 835. The van der Waals surface area contributed by atoms with Crippen molar-refractivity contribution >= 4 is 11.6 Å². The van der Waals surface area contributed by atoms with E-state index in [1.54, 1.807) is 0 Å². The highest BCUT2D eigenvalue weighted by Crippen LogP contribution is 2.19. The molecule has 2 aromatic carbocycles. The molecule has 0 saturated carbocycles. The van der Waals surface area contributed by atoms with Gasteiger partial charge in [0.15, 0.2) is 12.4 Å². The molecule has 126 valence electrons. The molecule has 0 spiro atoms. The van der Waals surface area contributed by atoms with E-state index < -0.39 is 0 Å². The van der Waals surface area contributed by atoms with Crippen molar-refractivity contribution in [1.82, 2.24) is 0 Å². The number of carbonyl (C=O) groups is 1. The summed E-state index contributed by atoms with van der Waals surface area (Å²) >= 11 is 0. The molecule has 25 heavy (non-hydrogen) atoms. The standard InChI is InChI=1S/C22H22N2O/c1-17-7-6-8-18(2)22(17)23-21(25)16-24-13-11-20(12-14-24)15-19-9-4-3-5-10-19/h3-14H,15-16H2,1-2H3/p+1. The Morgan fingerprint density at radius 1 is 0.840 bits per heavy atom. The third-order valence-electron chi connectivity index (χ3n) is 4.28. The highest BCUT2D eigenvalue weighted by atomic mass is 16.1. The molecule has 0 saturated heterocycles. The normalized spacial score (nSPS) is 10.5. The maximum absolute atomic E-state index is 12.3. The first-order valence-corrected chi connectivity index (χ1v) is 8.50. The Labute approximate surface area is 149 Å². The van der Waals surface area contributed by atoms with Gasteiger partial charge in [0.1, 0.15) is 0 Å². The van der Waals surface area contributed by atoms with Gasteiger partial charge in [-0.15, -0.1) is 0 Å². The summed E-state index contributed by atoms with van der Waals surface area (Å²) in [5, 5.41) is 3.02. The molecule has 3 aromatic rings. The van der Waals surface area contributed by atoms with Crippen molar-refractivity contribution in [2.75, 3.05) is 5.32 Å². The van der Waals surface area contributed by atoms with Crippen LogP contribution in [0, 0.1) is 13.8 Å². The third-order valence-corrected chi connectivity index (χ3v) is 4.28. The molecule has 0 aliphatic carbocycles. The predicted octanol–water partition coefficient (Wildman–Crippen LogP) is 3.82. The summed E-state index contributed by atoms with van der Waals surface area (Å²) in [6.07, 6.45) is 4.82. The first-order valence-electron chi connectivity index (χ1n) is 8.50. The first kappa shape index (κ1) is 16.9. The van der Waals surface area contributed by atoms with E-state index >= 15 is 0 Å². The zero-order chi connectivity index (χ0) is 17.6. The van der Waals surface area contributed by atoms with E-state index in [0.29, 0.717) is 6.54 Å². The lowest BCUT2D eigenvalue weighted by Crippen LogP contribution is -2.39. The van der Waals surface area contributed by atoms with Gasteiger partial charge in [-0.05, 0) is 42.5 Å². The molecule has 0 bridgehead atoms. The Morgan fingerprint density at radius 2 is 1.44 bits per heavy atom. The fourth-order valence-electron chi connectivity index (χ4n) is 2.90. The zero-order valence-corrected chi connectivity index (χ0v) is 14.7. The Morgan fingerprint density at radius 3 is 2.08 bits per heavy atom. The van der Waals surface area contributed by atoms with Crippen LogP contribution in [0.5, 0.6) is 0 Å². The fourth-order valence-corrected chi connectivity index (χ4v) is 2.90. The summed E-state index contributed by atoms with van der Waals surface area (Å²) in [7, 11) is 0. The quantitative estimate of drug-likeness (QED) is 0.708. The molecular formula is C22H23N2O+. The molecular weight excluding hydrogens is 308 g/mol. The monoisotopic (exact) mass is 331 g/mol. The van der Waals surface area contributed by atoms with Crippen LogP contribution in [0.3, 0.4) is 0 Å². The number of hydrogen-bond acceptors (Lipinski definition) is 1. The van der Waals surface area contributed by atoms with Crippen molar-refractivity contribution in [2.24, 2.45) is 0 Å². The highest BCUT2D eigenvalue weighted by Gasteiger charge is 2.12. The molecule has 3 heteroatoms. The van der Waals surface area contributed by atoms with Gasteiger partial charge in [0.2, 0.25) is 6.54 Å². The number of nitrogens with one attached hydrogen (secondary N) is 1. The fraction of sp³-hybridized carbons (Fsp3) is 0.182. The lowest BCUT2D eigenvalue weighted by molar-refractivity contribution is -0.684. The molecule has 0 unspecified atom stereocenters. The number of carbonyl (C=O) groups excluding carboxylic acids is 1.